The van der Waals surface area contributed by atoms with Crippen molar-refractivity contribution in [3.8, 4) is 0 Å². The van der Waals surface area contributed by atoms with Gasteiger partial charge in [-0.2, -0.15) is 10.2 Å². The number of rotatable bonds is 5. The van der Waals surface area contributed by atoms with Crippen molar-refractivity contribution in [2.45, 2.75) is 44.2 Å². The van der Waals surface area contributed by atoms with Gasteiger partial charge >= 0.3 is 0 Å². The highest BCUT2D eigenvalue weighted by Crippen LogP contribution is 2.37. The van der Waals surface area contributed by atoms with Crippen LogP contribution in [0.2, 0.25) is 0 Å². The molecule has 0 aromatic carbocycles. The Kier molecular flexibility index (Phi) is 4.05. The molecule has 4 rings (SSSR count). The smallest absolute Gasteiger partial charge is 0.271 e. The SMILES string of the molecule is CNC(=O)c1ccn([C@H]2CCCN(Cc3nc(C4CC4)n[nH]3)C2)n1. The fourth-order valence-electron chi connectivity index (χ4n) is 3.30. The van der Waals surface area contributed by atoms with E-state index in [1.54, 1.807) is 13.1 Å². The van der Waals surface area contributed by atoms with E-state index in [0.29, 0.717) is 17.7 Å². The average molecular weight is 329 g/mol. The highest BCUT2D eigenvalue weighted by atomic mass is 16.1. The summed E-state index contributed by atoms with van der Waals surface area (Å²) in [5.74, 6) is 2.36. The fourth-order valence-corrected chi connectivity index (χ4v) is 3.30. The van der Waals surface area contributed by atoms with Gasteiger partial charge in [-0.15, -0.1) is 0 Å². The lowest BCUT2D eigenvalue weighted by Crippen LogP contribution is -2.36. The molecule has 24 heavy (non-hydrogen) atoms. The highest BCUT2D eigenvalue weighted by molar-refractivity contribution is 5.91. The van der Waals surface area contributed by atoms with Crippen LogP contribution in [0.25, 0.3) is 0 Å². The van der Waals surface area contributed by atoms with Crippen LogP contribution in [0.4, 0.5) is 0 Å². The zero-order valence-electron chi connectivity index (χ0n) is 13.9. The van der Waals surface area contributed by atoms with E-state index in [0.717, 1.165) is 44.1 Å². The van der Waals surface area contributed by atoms with Crippen molar-refractivity contribution in [2.24, 2.45) is 0 Å². The minimum Gasteiger partial charge on any atom is -0.354 e. The maximum atomic E-state index is 11.7. The molecular weight excluding hydrogens is 306 g/mol. The number of hydrogen-bond acceptors (Lipinski definition) is 5. The molecule has 8 nitrogen and oxygen atoms in total. The average Bonchev–Trinajstić information content (AvgIpc) is 3.15. The minimum absolute atomic E-state index is 0.143. The zero-order valence-corrected chi connectivity index (χ0v) is 13.9. The van der Waals surface area contributed by atoms with Crippen molar-refractivity contribution in [1.82, 2.24) is 35.2 Å². The van der Waals surface area contributed by atoms with Crippen molar-refractivity contribution in [3.63, 3.8) is 0 Å². The lowest BCUT2D eigenvalue weighted by Gasteiger charge is -2.32. The van der Waals surface area contributed by atoms with Gasteiger partial charge in [-0.25, -0.2) is 4.98 Å². The van der Waals surface area contributed by atoms with E-state index >= 15 is 0 Å². The molecule has 128 valence electrons. The van der Waals surface area contributed by atoms with E-state index in [2.05, 4.69) is 30.5 Å². The van der Waals surface area contributed by atoms with Crippen molar-refractivity contribution in [2.75, 3.05) is 20.1 Å². The number of piperidine rings is 1. The lowest BCUT2D eigenvalue weighted by atomic mass is 10.1. The fraction of sp³-hybridized carbons (Fsp3) is 0.625. The Hall–Kier alpha value is -2.22. The maximum absolute atomic E-state index is 11.7. The third-order valence-electron chi connectivity index (χ3n) is 4.79. The number of carbonyl (C=O) groups is 1. The minimum atomic E-state index is -0.143. The molecule has 8 heteroatoms. The van der Waals surface area contributed by atoms with E-state index in [1.807, 2.05) is 10.9 Å². The Balaban J connectivity index is 1.39. The lowest BCUT2D eigenvalue weighted by molar-refractivity contribution is 0.0955. The van der Waals surface area contributed by atoms with Crippen LogP contribution in [0, 0.1) is 0 Å². The zero-order chi connectivity index (χ0) is 16.5. The third-order valence-corrected chi connectivity index (χ3v) is 4.79. The topological polar surface area (TPSA) is 91.7 Å². The Labute approximate surface area is 140 Å². The largest absolute Gasteiger partial charge is 0.354 e. The first-order valence-corrected chi connectivity index (χ1v) is 8.63. The van der Waals surface area contributed by atoms with Crippen LogP contribution >= 0.6 is 0 Å². The summed E-state index contributed by atoms with van der Waals surface area (Å²) >= 11 is 0. The van der Waals surface area contributed by atoms with Crippen LogP contribution in [0.3, 0.4) is 0 Å². The molecule has 3 heterocycles. The molecule has 2 aromatic rings. The summed E-state index contributed by atoms with van der Waals surface area (Å²) in [5.41, 5.74) is 0.471. The molecule has 0 bridgehead atoms. The molecule has 1 saturated heterocycles. The molecule has 1 aliphatic carbocycles. The van der Waals surface area contributed by atoms with Crippen molar-refractivity contribution < 1.29 is 4.79 Å². The molecule has 2 N–H and O–H groups in total. The molecule has 0 spiro atoms. The van der Waals surface area contributed by atoms with E-state index < -0.39 is 0 Å². The number of nitrogens with zero attached hydrogens (tertiary/aromatic N) is 5. The normalized spacial score (nSPS) is 21.8. The Morgan fingerprint density at radius 3 is 3.08 bits per heavy atom. The number of H-pyrrole nitrogens is 1. The van der Waals surface area contributed by atoms with Crippen LogP contribution in [0.5, 0.6) is 0 Å². The number of aromatic amines is 1. The van der Waals surface area contributed by atoms with Gasteiger partial charge in [-0.05, 0) is 38.3 Å². The van der Waals surface area contributed by atoms with Gasteiger partial charge in [0, 0.05) is 25.7 Å². The van der Waals surface area contributed by atoms with Crippen LogP contribution in [0.1, 0.15) is 59.8 Å². The summed E-state index contributed by atoms with van der Waals surface area (Å²) in [6.07, 6.45) is 6.53. The van der Waals surface area contributed by atoms with Gasteiger partial charge in [-0.3, -0.25) is 19.5 Å². The number of amides is 1. The van der Waals surface area contributed by atoms with Crippen LogP contribution in [-0.2, 0) is 6.54 Å². The number of aromatic nitrogens is 5. The number of likely N-dealkylation sites (tertiary alicyclic amines) is 1. The van der Waals surface area contributed by atoms with Crippen LogP contribution < -0.4 is 5.32 Å². The summed E-state index contributed by atoms with van der Waals surface area (Å²) in [6.45, 7) is 2.76. The molecule has 1 saturated carbocycles. The molecule has 1 amide bonds. The summed E-state index contributed by atoms with van der Waals surface area (Å²) in [5, 5.41) is 14.4. The Bertz CT molecular complexity index is 718. The second-order valence-electron chi connectivity index (χ2n) is 6.71. The molecule has 2 aromatic heterocycles. The molecular formula is C16H23N7O. The van der Waals surface area contributed by atoms with Gasteiger partial charge in [-0.1, -0.05) is 0 Å². The van der Waals surface area contributed by atoms with Crippen LogP contribution in [0.15, 0.2) is 12.3 Å². The molecule has 2 aliphatic rings. The molecule has 1 atom stereocenters. The van der Waals surface area contributed by atoms with Gasteiger partial charge in [0.15, 0.2) is 5.82 Å². The van der Waals surface area contributed by atoms with Crippen molar-refractivity contribution >= 4 is 5.91 Å². The quantitative estimate of drug-likeness (QED) is 0.856. The molecule has 2 fully saturated rings. The Morgan fingerprint density at radius 2 is 2.29 bits per heavy atom. The maximum Gasteiger partial charge on any atom is 0.271 e. The van der Waals surface area contributed by atoms with Gasteiger partial charge in [0.25, 0.3) is 5.91 Å². The number of nitrogens with one attached hydrogen (secondary N) is 2. The summed E-state index contributed by atoms with van der Waals surface area (Å²) in [6, 6.07) is 2.07. The third kappa shape index (κ3) is 3.19. The van der Waals surface area contributed by atoms with E-state index in [1.165, 1.54) is 12.8 Å². The highest BCUT2D eigenvalue weighted by Gasteiger charge is 2.28. The second-order valence-corrected chi connectivity index (χ2v) is 6.71. The second kappa shape index (κ2) is 6.35. The standard InChI is InChI=1S/C16H23N7O/c1-17-16(24)13-6-8-23(21-13)12-3-2-7-22(9-12)10-14-18-15(20-19-14)11-4-5-11/h6,8,11-12H,2-5,7,9-10H2,1H3,(H,17,24)(H,18,19,20)/t12-/m0/s1. The number of hydrogen-bond donors (Lipinski definition) is 2. The first-order chi connectivity index (χ1) is 11.7. The van der Waals surface area contributed by atoms with E-state index in [4.69, 9.17) is 0 Å². The summed E-state index contributed by atoms with van der Waals surface area (Å²) in [4.78, 5) is 18.7. The summed E-state index contributed by atoms with van der Waals surface area (Å²) < 4.78 is 1.92. The van der Waals surface area contributed by atoms with E-state index in [-0.39, 0.29) is 5.91 Å². The molecule has 1 aliphatic heterocycles. The van der Waals surface area contributed by atoms with Gasteiger partial charge in [0.1, 0.15) is 11.5 Å². The summed E-state index contributed by atoms with van der Waals surface area (Å²) in [7, 11) is 1.62. The van der Waals surface area contributed by atoms with Gasteiger partial charge in [0.2, 0.25) is 0 Å². The van der Waals surface area contributed by atoms with Crippen molar-refractivity contribution in [3.05, 3.63) is 29.6 Å². The van der Waals surface area contributed by atoms with Crippen LogP contribution in [-0.4, -0.2) is 55.9 Å². The van der Waals surface area contributed by atoms with E-state index in [9.17, 15) is 4.79 Å². The molecule has 0 radical (unpaired) electrons. The Morgan fingerprint density at radius 1 is 1.42 bits per heavy atom. The predicted octanol–water partition coefficient (Wildman–Crippen LogP) is 1.08. The predicted molar refractivity (Wildman–Crippen MR) is 87.5 cm³/mol. The van der Waals surface area contributed by atoms with Gasteiger partial charge in [0.05, 0.1) is 12.6 Å². The number of carbonyl (C=O) groups excluding carboxylic acids is 1. The monoisotopic (exact) mass is 329 g/mol. The first-order valence-electron chi connectivity index (χ1n) is 8.63. The molecule has 0 unspecified atom stereocenters. The van der Waals surface area contributed by atoms with Gasteiger partial charge < -0.3 is 5.32 Å². The van der Waals surface area contributed by atoms with Crippen molar-refractivity contribution in [1.29, 1.82) is 0 Å². The first kappa shape index (κ1) is 15.3.